The molecule has 4 N–H and O–H groups in total. The van der Waals surface area contributed by atoms with Crippen molar-refractivity contribution in [2.75, 3.05) is 11.5 Å². The molecule has 0 aliphatic heterocycles. The topological polar surface area (TPSA) is 99.6 Å². The Labute approximate surface area is 146 Å². The second-order valence-electron chi connectivity index (χ2n) is 3.81. The highest BCUT2D eigenvalue weighted by molar-refractivity contribution is 14.1. The van der Waals surface area contributed by atoms with Gasteiger partial charge >= 0.3 is 0 Å². The van der Waals surface area contributed by atoms with E-state index in [4.69, 9.17) is 45.2 Å². The average Bonchev–Trinajstić information content (AvgIpc) is 2.47. The van der Waals surface area contributed by atoms with Gasteiger partial charge in [-0.1, -0.05) is 23.2 Å². The molecule has 7 heteroatoms. The zero-order valence-electron chi connectivity index (χ0n) is 10.6. The van der Waals surface area contributed by atoms with Crippen molar-refractivity contribution < 1.29 is 0 Å². The van der Waals surface area contributed by atoms with Crippen molar-refractivity contribution in [3.63, 3.8) is 0 Å². The van der Waals surface area contributed by atoms with Gasteiger partial charge in [0.25, 0.3) is 0 Å². The van der Waals surface area contributed by atoms with Crippen LogP contribution in [0.15, 0.2) is 30.3 Å². The van der Waals surface area contributed by atoms with Gasteiger partial charge in [0.15, 0.2) is 0 Å². The number of hydrogen-bond acceptors (Lipinski definition) is 4. The highest BCUT2D eigenvalue weighted by atomic mass is 127. The number of nitrogen functional groups attached to an aromatic ring is 2. The second kappa shape index (κ2) is 7.94. The molecule has 0 atom stereocenters. The quantitative estimate of drug-likeness (QED) is 0.483. The number of benzene rings is 2. The lowest BCUT2D eigenvalue weighted by molar-refractivity contribution is 1.47. The Balaban J connectivity index is 0.000000211. The van der Waals surface area contributed by atoms with Gasteiger partial charge in [-0.3, -0.25) is 0 Å². The summed E-state index contributed by atoms with van der Waals surface area (Å²) < 4.78 is 0.812. The van der Waals surface area contributed by atoms with Crippen molar-refractivity contribution >= 4 is 57.2 Å². The van der Waals surface area contributed by atoms with Crippen LogP contribution >= 0.6 is 45.8 Å². The first-order valence-corrected chi connectivity index (χ1v) is 7.32. The first-order chi connectivity index (χ1) is 9.88. The zero-order chi connectivity index (χ0) is 16.0. The maximum absolute atomic E-state index is 8.52. The Bertz CT molecular complexity index is 725. The first-order valence-electron chi connectivity index (χ1n) is 5.48. The van der Waals surface area contributed by atoms with Crippen molar-refractivity contribution in [3.8, 4) is 12.1 Å². The summed E-state index contributed by atoms with van der Waals surface area (Å²) in [6, 6.07) is 12.0. The molecule has 0 bridgehead atoms. The van der Waals surface area contributed by atoms with E-state index in [1.54, 1.807) is 24.3 Å². The van der Waals surface area contributed by atoms with E-state index in [0.717, 1.165) is 3.57 Å². The predicted molar refractivity (Wildman–Crippen MR) is 93.9 cm³/mol. The molecular weight excluding hydrogens is 422 g/mol. The van der Waals surface area contributed by atoms with Crippen LogP contribution in [-0.2, 0) is 0 Å². The monoisotopic (exact) mass is 430 g/mol. The molecule has 2 rings (SSSR count). The smallest absolute Gasteiger partial charge is 0.0992 e. The Kier molecular flexibility index (Phi) is 6.57. The SMILES string of the molecule is N#Cc1cc(Cl)c(N)c(I)c1.N#Cc1ccc(N)c(Cl)c1. The molecule has 4 nitrogen and oxygen atoms in total. The Morgan fingerprint density at radius 1 is 0.905 bits per heavy atom. The summed E-state index contributed by atoms with van der Waals surface area (Å²) in [5.41, 5.74) is 13.1. The summed E-state index contributed by atoms with van der Waals surface area (Å²) in [6.07, 6.45) is 0. The van der Waals surface area contributed by atoms with E-state index in [1.165, 1.54) is 6.07 Å². The lowest BCUT2D eigenvalue weighted by Gasteiger charge is -2.00. The Morgan fingerprint density at radius 3 is 1.95 bits per heavy atom. The van der Waals surface area contributed by atoms with Crippen LogP contribution in [0.25, 0.3) is 0 Å². The van der Waals surface area contributed by atoms with Crippen molar-refractivity contribution in [1.82, 2.24) is 0 Å². The molecule has 0 fully saturated rings. The lowest BCUT2D eigenvalue weighted by atomic mass is 10.2. The highest BCUT2D eigenvalue weighted by Gasteiger charge is 2.02. The minimum absolute atomic E-state index is 0.430. The number of nitriles is 2. The number of hydrogen-bond donors (Lipinski definition) is 2. The molecular formula is C14H9Cl2IN4. The van der Waals surface area contributed by atoms with Crippen LogP contribution in [0, 0.1) is 26.2 Å². The van der Waals surface area contributed by atoms with Crippen molar-refractivity contribution in [3.05, 3.63) is 55.1 Å². The van der Waals surface area contributed by atoms with Crippen molar-refractivity contribution in [2.24, 2.45) is 0 Å². The van der Waals surface area contributed by atoms with E-state index in [2.05, 4.69) is 0 Å². The third-order valence-corrected chi connectivity index (χ3v) is 3.87. The molecule has 0 aliphatic carbocycles. The van der Waals surface area contributed by atoms with Gasteiger partial charge in [0, 0.05) is 3.57 Å². The van der Waals surface area contributed by atoms with Gasteiger partial charge in [0.05, 0.1) is 44.7 Å². The summed E-state index contributed by atoms with van der Waals surface area (Å²) in [4.78, 5) is 0. The molecule has 0 unspecified atom stereocenters. The number of nitrogens with two attached hydrogens (primary N) is 2. The molecule has 21 heavy (non-hydrogen) atoms. The third kappa shape index (κ3) is 4.98. The van der Waals surface area contributed by atoms with E-state index in [9.17, 15) is 0 Å². The normalized spacial score (nSPS) is 9.00. The highest BCUT2D eigenvalue weighted by Crippen LogP contribution is 2.25. The fourth-order valence-corrected chi connectivity index (χ4v) is 2.43. The maximum Gasteiger partial charge on any atom is 0.0992 e. The van der Waals surface area contributed by atoms with Gasteiger partial charge in [0.1, 0.15) is 0 Å². The van der Waals surface area contributed by atoms with Crippen molar-refractivity contribution in [2.45, 2.75) is 0 Å². The largest absolute Gasteiger partial charge is 0.398 e. The molecule has 2 aromatic rings. The van der Waals surface area contributed by atoms with Crippen LogP contribution in [0.3, 0.4) is 0 Å². The molecule has 0 aromatic heterocycles. The van der Waals surface area contributed by atoms with Crippen molar-refractivity contribution in [1.29, 1.82) is 10.5 Å². The van der Waals surface area contributed by atoms with Crippen LogP contribution in [0.4, 0.5) is 11.4 Å². The summed E-state index contributed by atoms with van der Waals surface area (Å²) >= 11 is 13.4. The molecule has 2 aromatic carbocycles. The molecule has 0 saturated carbocycles. The minimum Gasteiger partial charge on any atom is -0.398 e. The zero-order valence-corrected chi connectivity index (χ0v) is 14.2. The molecule has 0 saturated heterocycles. The van der Waals surface area contributed by atoms with E-state index >= 15 is 0 Å². The fourth-order valence-electron chi connectivity index (χ4n) is 1.25. The van der Waals surface area contributed by atoms with E-state index in [1.807, 2.05) is 34.7 Å². The first kappa shape index (κ1) is 17.4. The summed E-state index contributed by atoms with van der Waals surface area (Å²) in [5, 5.41) is 17.8. The Hall–Kier alpha value is -1.67. The van der Waals surface area contributed by atoms with Gasteiger partial charge in [0.2, 0.25) is 0 Å². The van der Waals surface area contributed by atoms with Gasteiger partial charge in [-0.05, 0) is 52.9 Å². The van der Waals surface area contributed by atoms with Crippen LogP contribution in [-0.4, -0.2) is 0 Å². The maximum atomic E-state index is 8.52. The van der Waals surface area contributed by atoms with Gasteiger partial charge in [-0.25, -0.2) is 0 Å². The number of halogens is 3. The Morgan fingerprint density at radius 2 is 1.48 bits per heavy atom. The molecule has 0 heterocycles. The number of rotatable bonds is 0. The number of anilines is 2. The van der Waals surface area contributed by atoms with E-state index in [-0.39, 0.29) is 0 Å². The fraction of sp³-hybridized carbons (Fsp3) is 0. The van der Waals surface area contributed by atoms with Crippen LogP contribution in [0.5, 0.6) is 0 Å². The molecule has 0 spiro atoms. The van der Waals surface area contributed by atoms with Gasteiger partial charge < -0.3 is 11.5 Å². The molecule has 0 aliphatic rings. The lowest BCUT2D eigenvalue weighted by Crippen LogP contribution is -1.91. The predicted octanol–water partition coefficient (Wildman–Crippen LogP) is 4.19. The van der Waals surface area contributed by atoms with Crippen LogP contribution in [0.2, 0.25) is 10.0 Å². The number of nitrogens with zero attached hydrogens (tertiary/aromatic N) is 2. The van der Waals surface area contributed by atoms with Crippen LogP contribution < -0.4 is 11.5 Å². The van der Waals surface area contributed by atoms with Gasteiger partial charge in [-0.15, -0.1) is 0 Å². The summed E-state index contributed by atoms with van der Waals surface area (Å²) in [5.74, 6) is 0. The molecule has 106 valence electrons. The molecule has 0 amide bonds. The van der Waals surface area contributed by atoms with Crippen LogP contribution in [0.1, 0.15) is 11.1 Å². The van der Waals surface area contributed by atoms with E-state index in [0.29, 0.717) is 32.5 Å². The second-order valence-corrected chi connectivity index (χ2v) is 5.79. The third-order valence-electron chi connectivity index (χ3n) is 2.34. The van der Waals surface area contributed by atoms with E-state index < -0.39 is 0 Å². The summed E-state index contributed by atoms with van der Waals surface area (Å²) in [6.45, 7) is 0. The van der Waals surface area contributed by atoms with Gasteiger partial charge in [-0.2, -0.15) is 10.5 Å². The summed E-state index contributed by atoms with van der Waals surface area (Å²) in [7, 11) is 0. The minimum atomic E-state index is 0.430. The standard InChI is InChI=1S/C7H4ClIN2.C7H5ClN2/c8-5-1-4(3-10)2-6(9)7(5)11;8-6-3-5(4-9)1-2-7(6)10/h1-2H,11H2;1-3H,10H2. The average molecular weight is 431 g/mol. The molecule has 0 radical (unpaired) electrons.